The van der Waals surface area contributed by atoms with Crippen LogP contribution in [0.2, 0.25) is 0 Å². The topological polar surface area (TPSA) is 29.1 Å². The maximum Gasteiger partial charge on any atom is 0.0439 e. The maximum absolute atomic E-state index is 11.4. The summed E-state index contributed by atoms with van der Waals surface area (Å²) in [5, 5.41) is 3.43. The van der Waals surface area contributed by atoms with E-state index in [4.69, 9.17) is 0 Å². The number of benzene rings is 1. The Kier molecular flexibility index (Phi) is 6.16. The Hall–Kier alpha value is -0.930. The van der Waals surface area contributed by atoms with Crippen molar-refractivity contribution in [3.8, 4) is 0 Å². The maximum atomic E-state index is 11.4. The zero-order chi connectivity index (χ0) is 12.7. The van der Waals surface area contributed by atoms with Crippen molar-refractivity contribution in [1.82, 2.24) is 5.32 Å². The Morgan fingerprint density at radius 2 is 2.00 bits per heavy atom. The molecular weight excluding hydrogens is 230 g/mol. The van der Waals surface area contributed by atoms with E-state index in [-0.39, 0.29) is 6.04 Å². The molecule has 0 saturated carbocycles. The van der Waals surface area contributed by atoms with Gasteiger partial charge in [0, 0.05) is 35.4 Å². The molecule has 94 valence electrons. The lowest BCUT2D eigenvalue weighted by atomic mass is 10.1. The second-order valence-corrected chi connectivity index (χ2v) is 5.87. The summed E-state index contributed by atoms with van der Waals surface area (Å²) in [6.07, 6.45) is 3.90. The molecule has 0 spiro atoms. The smallest absolute Gasteiger partial charge is 0.0439 e. The largest absolute Gasteiger partial charge is 0.306 e. The highest BCUT2D eigenvalue weighted by Crippen LogP contribution is 2.13. The summed E-state index contributed by atoms with van der Waals surface area (Å²) in [6.45, 7) is 4.98. The summed E-state index contributed by atoms with van der Waals surface area (Å²) < 4.78 is 11.4. The number of hydrogen-bond donors (Lipinski definition) is 1. The second kappa shape index (κ2) is 7.41. The van der Waals surface area contributed by atoms with Crippen LogP contribution in [0, 0.1) is 0 Å². The van der Waals surface area contributed by atoms with Crippen LogP contribution in [0.4, 0.5) is 0 Å². The molecule has 1 aromatic rings. The summed E-state index contributed by atoms with van der Waals surface area (Å²) in [5.74, 6) is 0.653. The highest BCUT2D eigenvalue weighted by molar-refractivity contribution is 7.84. The molecule has 0 heterocycles. The molecule has 2 nitrogen and oxygen atoms in total. The van der Waals surface area contributed by atoms with Crippen molar-refractivity contribution in [3.63, 3.8) is 0 Å². The molecule has 0 aliphatic carbocycles. The Labute approximate surface area is 107 Å². The van der Waals surface area contributed by atoms with Gasteiger partial charge in [-0.15, -0.1) is 0 Å². The van der Waals surface area contributed by atoms with Crippen LogP contribution in [0.25, 0.3) is 0 Å². The average molecular weight is 251 g/mol. The first kappa shape index (κ1) is 14.1. The van der Waals surface area contributed by atoms with Gasteiger partial charge in [-0.25, -0.2) is 0 Å². The first-order valence-corrected chi connectivity index (χ1v) is 7.54. The van der Waals surface area contributed by atoms with Gasteiger partial charge >= 0.3 is 0 Å². The fourth-order valence-electron chi connectivity index (χ4n) is 1.60. The molecule has 1 rings (SSSR count). The molecule has 0 saturated heterocycles. The van der Waals surface area contributed by atoms with Crippen LogP contribution in [-0.4, -0.2) is 22.8 Å². The highest BCUT2D eigenvalue weighted by atomic mass is 32.2. The molecule has 1 aromatic carbocycles. The Morgan fingerprint density at radius 1 is 1.35 bits per heavy atom. The summed E-state index contributed by atoms with van der Waals surface area (Å²) in [5.41, 5.74) is 2.49. The Morgan fingerprint density at radius 3 is 2.53 bits per heavy atom. The van der Waals surface area contributed by atoms with Crippen LogP contribution < -0.4 is 5.32 Å². The third kappa shape index (κ3) is 5.80. The lowest BCUT2D eigenvalue weighted by molar-refractivity contribution is 0.611. The zero-order valence-corrected chi connectivity index (χ0v) is 11.6. The first-order valence-electron chi connectivity index (χ1n) is 5.81. The lowest BCUT2D eigenvalue weighted by Gasteiger charge is -2.17. The Balaban J connectivity index is 2.67. The molecule has 1 N–H and O–H groups in total. The van der Waals surface area contributed by atoms with E-state index >= 15 is 0 Å². The summed E-state index contributed by atoms with van der Waals surface area (Å²) in [4.78, 5) is 0. The quantitative estimate of drug-likeness (QED) is 0.788. The van der Waals surface area contributed by atoms with E-state index in [1.807, 2.05) is 18.2 Å². The van der Waals surface area contributed by atoms with Gasteiger partial charge in [0.1, 0.15) is 0 Å². The van der Waals surface area contributed by atoms with Crippen molar-refractivity contribution < 1.29 is 4.21 Å². The van der Waals surface area contributed by atoms with Crippen molar-refractivity contribution in [3.05, 3.63) is 47.5 Å². The van der Waals surface area contributed by atoms with E-state index in [0.717, 1.165) is 6.54 Å². The summed E-state index contributed by atoms with van der Waals surface area (Å²) in [7, 11) is -0.793. The molecule has 0 fully saturated rings. The lowest BCUT2D eigenvalue weighted by Crippen LogP contribution is -2.26. The van der Waals surface area contributed by atoms with E-state index in [0.29, 0.717) is 5.75 Å². The molecular formula is C14H21NOS. The standard InChI is InChI=1S/C14H21NOS/c1-12(2)9-10-15-14(11-17(3)16)13-7-5-4-6-8-13/h4-9,14-15H,10-11H2,1-3H3. The fraction of sp³-hybridized carbons (Fsp3) is 0.429. The van der Waals surface area contributed by atoms with Gasteiger partial charge in [0.2, 0.25) is 0 Å². The van der Waals surface area contributed by atoms with E-state index in [9.17, 15) is 4.21 Å². The van der Waals surface area contributed by atoms with Crippen LogP contribution in [0.3, 0.4) is 0 Å². The fourth-order valence-corrected chi connectivity index (χ4v) is 2.38. The van der Waals surface area contributed by atoms with Crippen LogP contribution >= 0.6 is 0 Å². The highest BCUT2D eigenvalue weighted by Gasteiger charge is 2.11. The normalized spacial score (nSPS) is 14.1. The SMILES string of the molecule is CC(C)=CCNC(CS(C)=O)c1ccccc1. The number of allylic oxidation sites excluding steroid dienone is 1. The van der Waals surface area contributed by atoms with Crippen LogP contribution in [-0.2, 0) is 10.8 Å². The minimum Gasteiger partial charge on any atom is -0.306 e. The number of hydrogen-bond acceptors (Lipinski definition) is 2. The van der Waals surface area contributed by atoms with Gasteiger partial charge in [-0.3, -0.25) is 4.21 Å². The average Bonchev–Trinajstić information content (AvgIpc) is 2.28. The third-order valence-electron chi connectivity index (χ3n) is 2.48. The van der Waals surface area contributed by atoms with E-state index in [1.165, 1.54) is 11.1 Å². The van der Waals surface area contributed by atoms with Crippen molar-refractivity contribution in [2.75, 3.05) is 18.6 Å². The molecule has 0 aliphatic rings. The molecule has 0 radical (unpaired) electrons. The van der Waals surface area contributed by atoms with Gasteiger partial charge in [-0.1, -0.05) is 42.0 Å². The molecule has 0 aromatic heterocycles. The Bertz CT molecular complexity index is 382. The van der Waals surface area contributed by atoms with Gasteiger partial charge in [0.25, 0.3) is 0 Å². The molecule has 2 atom stereocenters. The van der Waals surface area contributed by atoms with Gasteiger partial charge in [0.05, 0.1) is 0 Å². The van der Waals surface area contributed by atoms with Crippen LogP contribution in [0.1, 0.15) is 25.5 Å². The van der Waals surface area contributed by atoms with Gasteiger partial charge in [-0.05, 0) is 19.4 Å². The third-order valence-corrected chi connectivity index (χ3v) is 3.28. The van der Waals surface area contributed by atoms with Crippen molar-refractivity contribution in [1.29, 1.82) is 0 Å². The van der Waals surface area contributed by atoms with Crippen LogP contribution in [0.15, 0.2) is 42.0 Å². The number of rotatable bonds is 6. The first-order chi connectivity index (χ1) is 8.09. The molecule has 0 aliphatic heterocycles. The number of nitrogens with one attached hydrogen (secondary N) is 1. The van der Waals surface area contributed by atoms with Gasteiger partial charge < -0.3 is 5.32 Å². The van der Waals surface area contributed by atoms with Gasteiger partial charge in [0.15, 0.2) is 0 Å². The molecule has 2 unspecified atom stereocenters. The second-order valence-electron chi connectivity index (χ2n) is 4.39. The predicted octanol–water partition coefficient (Wildman–Crippen LogP) is 2.66. The van der Waals surface area contributed by atoms with E-state index in [1.54, 1.807) is 6.26 Å². The van der Waals surface area contributed by atoms with E-state index < -0.39 is 10.8 Å². The molecule has 17 heavy (non-hydrogen) atoms. The zero-order valence-electron chi connectivity index (χ0n) is 10.8. The molecule has 3 heteroatoms. The summed E-state index contributed by atoms with van der Waals surface area (Å²) >= 11 is 0. The minimum absolute atomic E-state index is 0.164. The van der Waals surface area contributed by atoms with Crippen molar-refractivity contribution in [2.24, 2.45) is 0 Å². The van der Waals surface area contributed by atoms with Crippen LogP contribution in [0.5, 0.6) is 0 Å². The summed E-state index contributed by atoms with van der Waals surface area (Å²) in [6, 6.07) is 10.4. The van der Waals surface area contributed by atoms with E-state index in [2.05, 4.69) is 37.4 Å². The molecule has 0 amide bonds. The van der Waals surface area contributed by atoms with Crippen molar-refractivity contribution in [2.45, 2.75) is 19.9 Å². The predicted molar refractivity (Wildman–Crippen MR) is 75.6 cm³/mol. The minimum atomic E-state index is -0.793. The van der Waals surface area contributed by atoms with Gasteiger partial charge in [-0.2, -0.15) is 0 Å². The molecule has 0 bridgehead atoms. The monoisotopic (exact) mass is 251 g/mol. The van der Waals surface area contributed by atoms with Crippen molar-refractivity contribution >= 4 is 10.8 Å².